The van der Waals surface area contributed by atoms with E-state index in [4.69, 9.17) is 9.47 Å². The van der Waals surface area contributed by atoms with E-state index in [1.807, 2.05) is 0 Å². The molecule has 0 aliphatic carbocycles. The average Bonchev–Trinajstić information content (AvgIpc) is 3.47. The Balaban J connectivity index is 1.52. The first-order valence-electron chi connectivity index (χ1n) is 12.6. The quantitative estimate of drug-likeness (QED) is 0.103. The van der Waals surface area contributed by atoms with Gasteiger partial charge >= 0.3 is 11.9 Å². The maximum atomic E-state index is 13.3. The lowest BCUT2D eigenvalue weighted by Gasteiger charge is -2.50. The van der Waals surface area contributed by atoms with Crippen LogP contribution in [0.4, 0.5) is 0 Å². The minimum atomic E-state index is -1.69. The Bertz CT molecular complexity index is 1370. The van der Waals surface area contributed by atoms with Gasteiger partial charge in [-0.1, -0.05) is 43.0 Å². The van der Waals surface area contributed by atoms with Gasteiger partial charge in [0.25, 0.3) is 11.8 Å². The number of benzene rings is 1. The number of aliphatic hydroxyl groups excluding tert-OH is 1. The summed E-state index contributed by atoms with van der Waals surface area (Å²) < 4.78 is 10.1. The maximum absolute atomic E-state index is 13.3. The Morgan fingerprint density at radius 3 is 2.71 bits per heavy atom. The number of aromatic nitrogens is 4. The number of hydrogen-bond acceptors (Lipinski definition) is 13. The molecule has 2 aliphatic rings. The molecule has 3 heterocycles. The van der Waals surface area contributed by atoms with Crippen LogP contribution in [0.25, 0.3) is 0 Å². The number of carbonyl (C=O) groups excluding carboxylic acids is 5. The molecule has 41 heavy (non-hydrogen) atoms. The number of nitrogens with one attached hydrogen (secondary N) is 2. The number of hydrogen-bond donors (Lipinski definition) is 3. The highest BCUT2D eigenvalue weighted by Gasteiger charge is 2.55. The average molecular weight is 605 g/mol. The second-order valence-electron chi connectivity index (χ2n) is 9.09. The highest BCUT2D eigenvalue weighted by atomic mass is 32.2. The summed E-state index contributed by atoms with van der Waals surface area (Å²) >= 11 is 2.52. The summed E-state index contributed by atoms with van der Waals surface area (Å²) in [5, 5.41) is 26.2. The van der Waals surface area contributed by atoms with Crippen LogP contribution in [-0.2, 0) is 28.7 Å². The van der Waals surface area contributed by atoms with Crippen molar-refractivity contribution in [3.63, 3.8) is 0 Å². The molecule has 218 valence electrons. The number of Topliss-reactive ketones (excluding diaryl/α,β-unsaturated/α-hetero) is 1. The van der Waals surface area contributed by atoms with Crippen molar-refractivity contribution in [2.24, 2.45) is 0 Å². The molecule has 14 nitrogen and oxygen atoms in total. The van der Waals surface area contributed by atoms with Crippen molar-refractivity contribution in [3.8, 4) is 0 Å². The summed E-state index contributed by atoms with van der Waals surface area (Å²) in [6.45, 7) is 4.31. The lowest BCUT2D eigenvalue weighted by Crippen LogP contribution is -2.71. The van der Waals surface area contributed by atoms with E-state index in [1.165, 1.54) is 47.5 Å². The van der Waals surface area contributed by atoms with Gasteiger partial charge in [0.2, 0.25) is 11.9 Å². The van der Waals surface area contributed by atoms with Crippen LogP contribution in [-0.4, -0.2) is 89.4 Å². The number of amides is 2. The van der Waals surface area contributed by atoms with Crippen LogP contribution in [0.3, 0.4) is 0 Å². The molecule has 16 heteroatoms. The van der Waals surface area contributed by atoms with E-state index in [9.17, 15) is 29.1 Å². The third kappa shape index (κ3) is 6.60. The second-order valence-corrected chi connectivity index (χ2v) is 11.5. The van der Waals surface area contributed by atoms with Crippen molar-refractivity contribution in [1.82, 2.24) is 30.8 Å². The summed E-state index contributed by atoms with van der Waals surface area (Å²) in [6, 6.07) is 5.12. The molecule has 0 bridgehead atoms. The van der Waals surface area contributed by atoms with Crippen molar-refractivity contribution >= 4 is 53.1 Å². The number of aliphatic hydroxyl groups is 1. The largest absolute Gasteiger partial charge is 0.428 e. The number of nitrogens with zero attached hydrogens (tertiary/aromatic N) is 4. The number of aromatic amines is 1. The zero-order chi connectivity index (χ0) is 29.7. The molecule has 2 amide bonds. The van der Waals surface area contributed by atoms with Crippen LogP contribution < -0.4 is 5.32 Å². The van der Waals surface area contributed by atoms with Gasteiger partial charge in [0.05, 0.1) is 0 Å². The fraction of sp³-hybridized carbons (Fsp3) is 0.440. The first kappa shape index (κ1) is 30.2. The van der Waals surface area contributed by atoms with Gasteiger partial charge in [0.15, 0.2) is 11.9 Å². The third-order valence-corrected chi connectivity index (χ3v) is 8.66. The number of fused-ring (bicyclic) bond motifs is 1. The van der Waals surface area contributed by atoms with Crippen molar-refractivity contribution in [2.75, 3.05) is 12.5 Å². The normalized spacial score (nSPS) is 19.5. The molecule has 1 aromatic heterocycles. The monoisotopic (exact) mass is 604 g/mol. The Labute approximate surface area is 243 Å². The molecule has 3 N–H and O–H groups in total. The molecule has 0 spiro atoms. The predicted octanol–water partition coefficient (Wildman–Crippen LogP) is 1.11. The van der Waals surface area contributed by atoms with Crippen molar-refractivity contribution in [2.45, 2.75) is 61.5 Å². The molecule has 1 aromatic carbocycles. The van der Waals surface area contributed by atoms with Gasteiger partial charge in [-0.2, -0.15) is 5.21 Å². The highest BCUT2D eigenvalue weighted by Crippen LogP contribution is 2.44. The number of carbonyl (C=O) groups is 5. The minimum absolute atomic E-state index is 0.0261. The molecule has 1 fully saturated rings. The van der Waals surface area contributed by atoms with Crippen LogP contribution in [0.1, 0.15) is 55.6 Å². The lowest BCUT2D eigenvalue weighted by molar-refractivity contribution is -0.168. The van der Waals surface area contributed by atoms with E-state index in [1.54, 1.807) is 26.0 Å². The number of rotatable bonds is 12. The maximum Gasteiger partial charge on any atom is 0.357 e. The van der Waals surface area contributed by atoms with E-state index in [0.29, 0.717) is 22.9 Å². The van der Waals surface area contributed by atoms with Crippen molar-refractivity contribution < 1.29 is 38.6 Å². The van der Waals surface area contributed by atoms with Crippen LogP contribution >= 0.6 is 23.5 Å². The molecule has 2 aromatic rings. The molecule has 3 unspecified atom stereocenters. The summed E-state index contributed by atoms with van der Waals surface area (Å²) in [6.07, 6.45) is -0.960. The van der Waals surface area contributed by atoms with Crippen LogP contribution in [0.15, 0.2) is 40.7 Å². The van der Waals surface area contributed by atoms with E-state index in [2.05, 4.69) is 25.9 Å². The highest BCUT2D eigenvalue weighted by molar-refractivity contribution is 8.01. The number of H-pyrrole nitrogens is 1. The Morgan fingerprint density at radius 1 is 1.27 bits per heavy atom. The van der Waals surface area contributed by atoms with Crippen molar-refractivity contribution in [1.29, 1.82) is 0 Å². The van der Waals surface area contributed by atoms with Gasteiger partial charge in [0.1, 0.15) is 17.1 Å². The Hall–Kier alpha value is -3.76. The van der Waals surface area contributed by atoms with Gasteiger partial charge in [-0.3, -0.25) is 24.1 Å². The van der Waals surface area contributed by atoms with Gasteiger partial charge in [-0.15, -0.1) is 22.0 Å². The van der Waals surface area contributed by atoms with Crippen LogP contribution in [0.5, 0.6) is 0 Å². The molecule has 0 saturated carbocycles. The first-order chi connectivity index (χ1) is 19.6. The van der Waals surface area contributed by atoms with E-state index >= 15 is 0 Å². The number of ether oxygens (including phenoxy) is 2. The number of thioether (sulfide) groups is 2. The van der Waals surface area contributed by atoms with Gasteiger partial charge in [-0.25, -0.2) is 4.79 Å². The molecular weight excluding hydrogens is 576 g/mol. The number of β-lactam (4-membered cyclic amide) rings is 1. The van der Waals surface area contributed by atoms with Crippen LogP contribution in [0.2, 0.25) is 0 Å². The molecule has 1 saturated heterocycles. The van der Waals surface area contributed by atoms with E-state index in [-0.39, 0.29) is 34.3 Å². The lowest BCUT2D eigenvalue weighted by atomic mass is 9.98. The molecule has 2 aliphatic heterocycles. The molecular formula is C25H28N6O8S2. The third-order valence-electron chi connectivity index (χ3n) is 6.33. The Morgan fingerprint density at radius 2 is 2.02 bits per heavy atom. The summed E-state index contributed by atoms with van der Waals surface area (Å²) in [7, 11) is 0. The minimum Gasteiger partial charge on any atom is -0.428 e. The zero-order valence-electron chi connectivity index (χ0n) is 22.4. The summed E-state index contributed by atoms with van der Waals surface area (Å²) in [4.78, 5) is 64.4. The molecule has 0 radical (unpaired) electrons. The fourth-order valence-electron chi connectivity index (χ4n) is 4.30. The second kappa shape index (κ2) is 13.3. The summed E-state index contributed by atoms with van der Waals surface area (Å²) in [5.41, 5.74) is 0.837. The zero-order valence-corrected chi connectivity index (χ0v) is 24.0. The molecule has 4 rings (SSSR count). The van der Waals surface area contributed by atoms with E-state index < -0.39 is 48.1 Å². The summed E-state index contributed by atoms with van der Waals surface area (Å²) in [5.74, 6) is -2.88. The fourth-order valence-corrected chi connectivity index (χ4v) is 6.71. The number of tetrazole rings is 1. The standard InChI is InChI=1S/C25H28N6O8S2/c1-4-7-17(33)38-11-39-24(37)19-16(13(3)41-25-27-29-30-28-25)10-40-23-18(22(36)31(19)23)26-21(35)20(34)15-9-6-5-8-14(15)12(2)32/h5-6,8-9,13,18,20,23,34H,4,7,10-11H2,1-3H3,(H,26,35)(H,27,28,29,30)/t13?,18?,20?,23-/m0/s1. The van der Waals surface area contributed by atoms with Gasteiger partial charge < -0.3 is 19.9 Å². The smallest absolute Gasteiger partial charge is 0.357 e. The number of ketones is 1. The number of esters is 2. The van der Waals surface area contributed by atoms with E-state index in [0.717, 1.165) is 0 Å². The first-order valence-corrected chi connectivity index (χ1v) is 14.6. The molecule has 4 atom stereocenters. The predicted molar refractivity (Wildman–Crippen MR) is 145 cm³/mol. The van der Waals surface area contributed by atoms with Crippen molar-refractivity contribution in [3.05, 3.63) is 46.7 Å². The van der Waals surface area contributed by atoms with Crippen LogP contribution in [0, 0.1) is 0 Å². The van der Waals surface area contributed by atoms with Gasteiger partial charge in [0, 0.05) is 28.6 Å². The topological polar surface area (TPSA) is 194 Å². The Kier molecular flexibility index (Phi) is 9.77. The van der Waals surface area contributed by atoms with Gasteiger partial charge in [-0.05, 0) is 31.1 Å². The SMILES string of the molecule is CCCC(=O)OCOC(=O)C1=C(C(C)Sc2nn[nH]n2)CS[C@H]2C(NC(=O)C(O)c3ccccc3C(C)=O)C(=O)N12.